The van der Waals surface area contributed by atoms with Gasteiger partial charge in [0.2, 0.25) is 5.91 Å². The highest BCUT2D eigenvalue weighted by molar-refractivity contribution is 6.21. The Balaban J connectivity index is 0.00000256. The number of para-hydroxylation sites is 1. The Hall–Kier alpha value is -3.61. The van der Waals surface area contributed by atoms with Crippen LogP contribution in [0, 0.1) is 0 Å². The predicted molar refractivity (Wildman–Crippen MR) is 123 cm³/mol. The van der Waals surface area contributed by atoms with Crippen LogP contribution in [0.15, 0.2) is 83.9 Å². The van der Waals surface area contributed by atoms with Crippen LogP contribution in [-0.2, 0) is 4.79 Å². The van der Waals surface area contributed by atoms with E-state index in [1.807, 2.05) is 54.6 Å². The van der Waals surface area contributed by atoms with E-state index >= 15 is 0 Å². The Kier molecular flexibility index (Phi) is 6.51. The molecule has 0 unspecified atom stereocenters. The molecule has 4 aromatic rings. The summed E-state index contributed by atoms with van der Waals surface area (Å²) in [4.78, 5) is 19.3. The van der Waals surface area contributed by atoms with Crippen LogP contribution < -0.4 is 11.1 Å². The largest absolute Gasteiger partial charge is 0.494 e. The van der Waals surface area contributed by atoms with Crippen molar-refractivity contribution in [1.29, 1.82) is 0 Å². The van der Waals surface area contributed by atoms with Crippen molar-refractivity contribution in [1.82, 2.24) is 4.98 Å². The molecule has 0 saturated carbocycles. The number of aromatic amines is 1. The molecule has 0 aliphatic carbocycles. The molecule has 0 atom stereocenters. The quantitative estimate of drug-likeness (QED) is 0.360. The summed E-state index contributed by atoms with van der Waals surface area (Å²) in [5.41, 5.74) is 9.69. The molecular weight excluding hydrogens is 400 g/mol. The smallest absolute Gasteiger partial charge is 0.238 e. The number of hydrogen-bond donors (Lipinski definition) is 4. The lowest BCUT2D eigenvalue weighted by Gasteiger charge is -2.08. The molecule has 5 N–H and O–H groups in total. The summed E-state index contributed by atoms with van der Waals surface area (Å²) >= 11 is 0. The van der Waals surface area contributed by atoms with E-state index in [1.54, 1.807) is 24.3 Å². The van der Waals surface area contributed by atoms with E-state index in [2.05, 4.69) is 10.3 Å². The molecule has 0 bridgehead atoms. The van der Waals surface area contributed by atoms with Crippen molar-refractivity contribution in [3.05, 3.63) is 90.0 Å². The Morgan fingerprint density at radius 3 is 2.33 bits per heavy atom. The average molecular weight is 421 g/mol. The standard InChI is InChI=1S/C23H20N4O2.ClH/c24-14-20(28)25-16-10-12-17(13-11-16)26-22(15-6-2-1-3-7-15)21-18-8-4-5-9-19(18)27-23(21)29;/h1-13,27,29H,14,24H2,(H,25,28);1H. The van der Waals surface area contributed by atoms with Crippen LogP contribution in [0.1, 0.15) is 11.1 Å². The van der Waals surface area contributed by atoms with Crippen LogP contribution in [0.4, 0.5) is 11.4 Å². The maximum Gasteiger partial charge on any atom is 0.238 e. The molecule has 6 nitrogen and oxygen atoms in total. The van der Waals surface area contributed by atoms with Gasteiger partial charge in [0, 0.05) is 22.2 Å². The number of carbonyl (C=O) groups is 1. The van der Waals surface area contributed by atoms with E-state index in [9.17, 15) is 9.90 Å². The highest BCUT2D eigenvalue weighted by Crippen LogP contribution is 2.31. The van der Waals surface area contributed by atoms with Gasteiger partial charge in [0.15, 0.2) is 5.88 Å². The van der Waals surface area contributed by atoms with Gasteiger partial charge < -0.3 is 21.1 Å². The summed E-state index contributed by atoms with van der Waals surface area (Å²) in [6.07, 6.45) is 0. The second-order valence-electron chi connectivity index (χ2n) is 6.52. The number of aliphatic imine (C=N–C) groups is 1. The van der Waals surface area contributed by atoms with E-state index < -0.39 is 0 Å². The number of nitrogens with zero attached hydrogens (tertiary/aromatic N) is 1. The van der Waals surface area contributed by atoms with E-state index in [0.29, 0.717) is 22.6 Å². The summed E-state index contributed by atoms with van der Waals surface area (Å²) in [7, 11) is 0. The summed E-state index contributed by atoms with van der Waals surface area (Å²) in [5.74, 6) is -0.185. The second-order valence-corrected chi connectivity index (χ2v) is 6.52. The van der Waals surface area contributed by atoms with Crippen molar-refractivity contribution in [2.75, 3.05) is 11.9 Å². The number of amides is 1. The van der Waals surface area contributed by atoms with Crippen LogP contribution in [0.25, 0.3) is 10.9 Å². The van der Waals surface area contributed by atoms with Crippen molar-refractivity contribution in [2.45, 2.75) is 0 Å². The maximum atomic E-state index is 11.5. The Bertz CT molecular complexity index is 1190. The van der Waals surface area contributed by atoms with Gasteiger partial charge in [-0.25, -0.2) is 4.99 Å². The van der Waals surface area contributed by atoms with Gasteiger partial charge in [-0.3, -0.25) is 4.79 Å². The zero-order valence-electron chi connectivity index (χ0n) is 16.0. The SMILES string of the molecule is Cl.NCC(=O)Nc1ccc(N=C(c2ccccc2)c2c(O)[nH]c3ccccc23)cc1. The van der Waals surface area contributed by atoms with Crippen molar-refractivity contribution < 1.29 is 9.90 Å². The Morgan fingerprint density at radius 1 is 0.967 bits per heavy atom. The third-order valence-corrected chi connectivity index (χ3v) is 4.55. The molecule has 1 aromatic heterocycles. The topological polar surface area (TPSA) is 104 Å². The van der Waals surface area contributed by atoms with Gasteiger partial charge in [0.1, 0.15) is 0 Å². The number of fused-ring (bicyclic) bond motifs is 1. The van der Waals surface area contributed by atoms with E-state index in [0.717, 1.165) is 16.5 Å². The highest BCUT2D eigenvalue weighted by atomic mass is 35.5. The molecule has 0 fully saturated rings. The molecule has 152 valence electrons. The molecule has 7 heteroatoms. The molecule has 3 aromatic carbocycles. The van der Waals surface area contributed by atoms with Gasteiger partial charge in [0.25, 0.3) is 0 Å². The molecule has 1 amide bonds. The van der Waals surface area contributed by atoms with E-state index in [4.69, 9.17) is 10.7 Å². The number of halogens is 1. The van der Waals surface area contributed by atoms with Crippen LogP contribution in [0.5, 0.6) is 5.88 Å². The van der Waals surface area contributed by atoms with Crippen LogP contribution in [0.2, 0.25) is 0 Å². The first-order valence-electron chi connectivity index (χ1n) is 9.20. The van der Waals surface area contributed by atoms with Gasteiger partial charge in [0.05, 0.1) is 23.5 Å². The number of nitrogens with one attached hydrogen (secondary N) is 2. The first-order chi connectivity index (χ1) is 14.2. The van der Waals surface area contributed by atoms with Crippen LogP contribution >= 0.6 is 12.4 Å². The number of nitrogens with two attached hydrogens (primary N) is 1. The molecule has 0 radical (unpaired) electrons. The van der Waals surface area contributed by atoms with Gasteiger partial charge in [-0.1, -0.05) is 48.5 Å². The van der Waals surface area contributed by atoms with Crippen LogP contribution in [0.3, 0.4) is 0 Å². The second kappa shape index (κ2) is 9.26. The van der Waals surface area contributed by atoms with Gasteiger partial charge in [-0.05, 0) is 30.3 Å². The maximum absolute atomic E-state index is 11.5. The monoisotopic (exact) mass is 420 g/mol. The molecule has 30 heavy (non-hydrogen) atoms. The van der Waals surface area contributed by atoms with Gasteiger partial charge in [-0.15, -0.1) is 12.4 Å². The van der Waals surface area contributed by atoms with Gasteiger partial charge >= 0.3 is 0 Å². The molecule has 0 spiro atoms. The summed E-state index contributed by atoms with van der Waals surface area (Å²) < 4.78 is 0. The van der Waals surface area contributed by atoms with Crippen molar-refractivity contribution >= 4 is 46.3 Å². The van der Waals surface area contributed by atoms with E-state index in [1.165, 1.54) is 0 Å². The number of rotatable bonds is 5. The number of aromatic nitrogens is 1. The van der Waals surface area contributed by atoms with E-state index in [-0.39, 0.29) is 30.7 Å². The first-order valence-corrected chi connectivity index (χ1v) is 9.20. The minimum Gasteiger partial charge on any atom is -0.494 e. The fourth-order valence-electron chi connectivity index (χ4n) is 3.19. The number of anilines is 1. The van der Waals surface area contributed by atoms with Crippen molar-refractivity contribution in [3.8, 4) is 5.88 Å². The molecule has 1 heterocycles. The molecule has 0 saturated heterocycles. The average Bonchev–Trinajstić information content (AvgIpc) is 3.09. The third kappa shape index (κ3) is 4.35. The summed E-state index contributed by atoms with van der Waals surface area (Å²) in [6.45, 7) is -0.0715. The zero-order chi connectivity index (χ0) is 20.2. The lowest BCUT2D eigenvalue weighted by Crippen LogP contribution is -2.21. The minimum absolute atomic E-state index is 0. The summed E-state index contributed by atoms with van der Waals surface area (Å²) in [5, 5.41) is 14.2. The molecule has 4 rings (SSSR count). The molecule has 0 aliphatic heterocycles. The lowest BCUT2D eigenvalue weighted by atomic mass is 10.0. The highest BCUT2D eigenvalue weighted by Gasteiger charge is 2.18. The first kappa shape index (κ1) is 21.1. The lowest BCUT2D eigenvalue weighted by molar-refractivity contribution is -0.114. The van der Waals surface area contributed by atoms with Gasteiger partial charge in [-0.2, -0.15) is 0 Å². The fourth-order valence-corrected chi connectivity index (χ4v) is 3.19. The molecule has 0 aliphatic rings. The number of benzene rings is 3. The fraction of sp³-hybridized carbons (Fsp3) is 0.0435. The summed E-state index contributed by atoms with van der Waals surface area (Å²) in [6, 6.07) is 24.6. The number of hydrogen-bond acceptors (Lipinski definition) is 4. The van der Waals surface area contributed by atoms with Crippen molar-refractivity contribution in [3.63, 3.8) is 0 Å². The van der Waals surface area contributed by atoms with Crippen molar-refractivity contribution in [2.24, 2.45) is 10.7 Å². The predicted octanol–water partition coefficient (Wildman–Crippen LogP) is 4.36. The normalized spacial score (nSPS) is 11.2. The minimum atomic E-state index is -0.255. The Morgan fingerprint density at radius 2 is 1.63 bits per heavy atom. The molecular formula is C23H21ClN4O2. The third-order valence-electron chi connectivity index (χ3n) is 4.55. The Labute approximate surface area is 179 Å². The number of aromatic hydroxyl groups is 1. The van der Waals surface area contributed by atoms with Crippen LogP contribution in [-0.4, -0.2) is 28.3 Å². The number of H-pyrrole nitrogens is 1. The number of carbonyl (C=O) groups excluding carboxylic acids is 1. The zero-order valence-corrected chi connectivity index (χ0v) is 16.8.